The van der Waals surface area contributed by atoms with Gasteiger partial charge in [-0.2, -0.15) is 0 Å². The van der Waals surface area contributed by atoms with Crippen molar-refractivity contribution >= 4 is 22.8 Å². The quantitative estimate of drug-likeness (QED) is 0.603. The van der Waals surface area contributed by atoms with Crippen molar-refractivity contribution in [2.24, 2.45) is 0 Å². The van der Waals surface area contributed by atoms with Gasteiger partial charge in [0, 0.05) is 11.9 Å². The number of hydrogen-bond acceptors (Lipinski definition) is 4. The molecule has 0 atom stereocenters. The van der Waals surface area contributed by atoms with Gasteiger partial charge in [0.25, 0.3) is 5.56 Å². The molecule has 136 valence electrons. The first-order valence-electron chi connectivity index (χ1n) is 9.00. The fraction of sp³-hybridized carbons (Fsp3) is 0.0909. The molecule has 0 fully saturated rings. The lowest BCUT2D eigenvalue weighted by molar-refractivity contribution is -0.115. The molecule has 1 amide bonds. The zero-order valence-electron chi connectivity index (χ0n) is 14.9. The normalized spacial score (nSPS) is 12.8. The van der Waals surface area contributed by atoms with Crippen molar-refractivity contribution in [3.05, 3.63) is 88.5 Å². The van der Waals surface area contributed by atoms with Gasteiger partial charge in [0.05, 0.1) is 24.7 Å². The van der Waals surface area contributed by atoms with Gasteiger partial charge in [-0.3, -0.25) is 14.2 Å². The maximum atomic E-state index is 12.4. The minimum absolute atomic E-state index is 0.0263. The summed E-state index contributed by atoms with van der Waals surface area (Å²) in [4.78, 5) is 32.3. The van der Waals surface area contributed by atoms with Gasteiger partial charge in [-0.25, -0.2) is 9.97 Å². The number of pyridine rings is 1. The Balaban J connectivity index is 1.53. The highest BCUT2D eigenvalue weighted by molar-refractivity contribution is 5.99. The molecule has 0 bridgehead atoms. The van der Waals surface area contributed by atoms with E-state index in [1.54, 1.807) is 16.8 Å². The second-order valence-electron chi connectivity index (χ2n) is 6.83. The standard InChI is InChI=1S/C22H16N4O2/c27-20-11-17-10-16(6-7-18(17)25-20)15-4-1-3-14(9-15)13-26-19-5-2-8-23-22(19)24-12-21(26)28/h1-10,12H,11,13H2,(H,25,27). The molecule has 0 saturated carbocycles. The summed E-state index contributed by atoms with van der Waals surface area (Å²) in [6.45, 7) is 0.433. The number of amides is 1. The molecule has 6 heteroatoms. The number of rotatable bonds is 3. The van der Waals surface area contributed by atoms with Crippen molar-refractivity contribution in [1.82, 2.24) is 14.5 Å². The number of nitrogens with zero attached hydrogens (tertiary/aromatic N) is 3. The van der Waals surface area contributed by atoms with Gasteiger partial charge >= 0.3 is 0 Å². The Morgan fingerprint density at radius 1 is 0.964 bits per heavy atom. The van der Waals surface area contributed by atoms with Crippen molar-refractivity contribution in [3.8, 4) is 11.1 Å². The third kappa shape index (κ3) is 2.85. The van der Waals surface area contributed by atoms with Crippen LogP contribution in [0.15, 0.2) is 71.8 Å². The number of benzene rings is 2. The molecule has 0 radical (unpaired) electrons. The van der Waals surface area contributed by atoms with E-state index in [4.69, 9.17) is 0 Å². The minimum atomic E-state index is -0.159. The third-order valence-corrected chi connectivity index (χ3v) is 4.95. The van der Waals surface area contributed by atoms with E-state index in [0.717, 1.165) is 27.9 Å². The van der Waals surface area contributed by atoms with Gasteiger partial charge in [-0.05, 0) is 52.6 Å². The number of fused-ring (bicyclic) bond motifs is 2. The molecule has 5 rings (SSSR count). The van der Waals surface area contributed by atoms with E-state index in [9.17, 15) is 9.59 Å². The summed E-state index contributed by atoms with van der Waals surface area (Å²) in [5, 5.41) is 2.85. The van der Waals surface area contributed by atoms with Crippen molar-refractivity contribution in [3.63, 3.8) is 0 Å². The second-order valence-corrected chi connectivity index (χ2v) is 6.83. The van der Waals surface area contributed by atoms with Crippen molar-refractivity contribution in [2.45, 2.75) is 13.0 Å². The zero-order chi connectivity index (χ0) is 19.1. The summed E-state index contributed by atoms with van der Waals surface area (Å²) < 4.78 is 1.68. The van der Waals surface area contributed by atoms with Gasteiger partial charge in [0.2, 0.25) is 5.91 Å². The van der Waals surface area contributed by atoms with Crippen LogP contribution in [0.1, 0.15) is 11.1 Å². The predicted molar refractivity (Wildman–Crippen MR) is 107 cm³/mol. The molecule has 1 aliphatic heterocycles. The second kappa shape index (κ2) is 6.42. The van der Waals surface area contributed by atoms with Crippen LogP contribution in [-0.2, 0) is 17.8 Å². The first-order valence-corrected chi connectivity index (χ1v) is 9.00. The number of nitrogens with one attached hydrogen (secondary N) is 1. The highest BCUT2D eigenvalue weighted by Crippen LogP contribution is 2.29. The number of hydrogen-bond donors (Lipinski definition) is 1. The highest BCUT2D eigenvalue weighted by Gasteiger charge is 2.17. The molecule has 28 heavy (non-hydrogen) atoms. The molecule has 0 saturated heterocycles. The Hall–Kier alpha value is -3.80. The minimum Gasteiger partial charge on any atom is -0.326 e. The van der Waals surface area contributed by atoms with E-state index >= 15 is 0 Å². The summed E-state index contributed by atoms with van der Waals surface area (Å²) in [6.07, 6.45) is 3.39. The Labute approximate surface area is 160 Å². The summed E-state index contributed by atoms with van der Waals surface area (Å²) in [5.41, 5.74) is 6.09. The Bertz CT molecular complexity index is 1290. The molecule has 1 aliphatic rings. The molecule has 1 N–H and O–H groups in total. The highest BCUT2D eigenvalue weighted by atomic mass is 16.1. The zero-order valence-corrected chi connectivity index (χ0v) is 14.9. The molecule has 2 aromatic heterocycles. The maximum Gasteiger partial charge on any atom is 0.269 e. The van der Waals surface area contributed by atoms with Gasteiger partial charge in [-0.1, -0.05) is 24.3 Å². The number of carbonyl (C=O) groups is 1. The van der Waals surface area contributed by atoms with Crippen LogP contribution in [0.2, 0.25) is 0 Å². The van der Waals surface area contributed by atoms with Crippen molar-refractivity contribution < 1.29 is 4.79 Å². The van der Waals surface area contributed by atoms with Crippen LogP contribution in [0, 0.1) is 0 Å². The molecule has 6 nitrogen and oxygen atoms in total. The molecule has 0 spiro atoms. The lowest BCUT2D eigenvalue weighted by Gasteiger charge is -2.11. The molecule has 0 unspecified atom stereocenters. The summed E-state index contributed by atoms with van der Waals surface area (Å²) in [7, 11) is 0. The molecule has 2 aromatic carbocycles. The van der Waals surface area contributed by atoms with Gasteiger partial charge in [-0.15, -0.1) is 0 Å². The van der Waals surface area contributed by atoms with Crippen LogP contribution in [0.25, 0.3) is 22.3 Å². The number of anilines is 1. The molecular formula is C22H16N4O2. The molecule has 3 heterocycles. The fourth-order valence-corrected chi connectivity index (χ4v) is 3.61. The molecule has 0 aliphatic carbocycles. The average Bonchev–Trinajstić information content (AvgIpc) is 3.09. The van der Waals surface area contributed by atoms with E-state index in [-0.39, 0.29) is 11.5 Å². The van der Waals surface area contributed by atoms with E-state index in [1.165, 1.54) is 6.20 Å². The largest absolute Gasteiger partial charge is 0.326 e. The first kappa shape index (κ1) is 16.4. The van der Waals surface area contributed by atoms with Crippen molar-refractivity contribution in [2.75, 3.05) is 5.32 Å². The van der Waals surface area contributed by atoms with Crippen LogP contribution in [-0.4, -0.2) is 20.4 Å². The average molecular weight is 368 g/mol. The Morgan fingerprint density at radius 3 is 2.79 bits per heavy atom. The maximum absolute atomic E-state index is 12.4. The molecule has 4 aromatic rings. The van der Waals surface area contributed by atoms with Crippen LogP contribution in [0.3, 0.4) is 0 Å². The smallest absolute Gasteiger partial charge is 0.269 e. The predicted octanol–water partition coefficient (Wildman–Crippen LogP) is 3.00. The van der Waals surface area contributed by atoms with Crippen LogP contribution in [0.4, 0.5) is 5.69 Å². The van der Waals surface area contributed by atoms with E-state index in [0.29, 0.717) is 24.1 Å². The van der Waals surface area contributed by atoms with Gasteiger partial charge < -0.3 is 5.32 Å². The monoisotopic (exact) mass is 368 g/mol. The first-order chi connectivity index (χ1) is 13.7. The lowest BCUT2D eigenvalue weighted by atomic mass is 10.00. The van der Waals surface area contributed by atoms with E-state index < -0.39 is 0 Å². The summed E-state index contributed by atoms with van der Waals surface area (Å²) >= 11 is 0. The van der Waals surface area contributed by atoms with Crippen molar-refractivity contribution in [1.29, 1.82) is 0 Å². The third-order valence-electron chi connectivity index (χ3n) is 4.95. The SMILES string of the molecule is O=C1Cc2cc(-c3cccc(Cn4c(=O)cnc5ncccc54)c3)ccc2N1. The van der Waals surface area contributed by atoms with Gasteiger partial charge in [0.1, 0.15) is 0 Å². The molecular weight excluding hydrogens is 352 g/mol. The van der Waals surface area contributed by atoms with E-state index in [1.807, 2.05) is 42.5 Å². The fourth-order valence-electron chi connectivity index (χ4n) is 3.61. The van der Waals surface area contributed by atoms with Crippen LogP contribution < -0.4 is 10.9 Å². The Morgan fingerprint density at radius 2 is 1.86 bits per heavy atom. The van der Waals surface area contributed by atoms with Crippen LogP contribution in [0.5, 0.6) is 0 Å². The lowest BCUT2D eigenvalue weighted by Crippen LogP contribution is -2.21. The summed E-state index contributed by atoms with van der Waals surface area (Å²) in [5.74, 6) is 0.0263. The van der Waals surface area contributed by atoms with Gasteiger partial charge in [0.15, 0.2) is 5.65 Å². The van der Waals surface area contributed by atoms with E-state index in [2.05, 4.69) is 21.4 Å². The number of aromatic nitrogens is 3. The topological polar surface area (TPSA) is 76.9 Å². The van der Waals surface area contributed by atoms with Crippen LogP contribution >= 0.6 is 0 Å². The Kier molecular flexibility index (Phi) is 3.76. The number of carbonyl (C=O) groups excluding carboxylic acids is 1. The summed E-state index contributed by atoms with van der Waals surface area (Å²) in [6, 6.07) is 17.7.